The molecule has 12 heteroatoms. The molecule has 0 unspecified atom stereocenters. The maximum atomic E-state index is 13.3. The summed E-state index contributed by atoms with van der Waals surface area (Å²) in [5.41, 5.74) is -0.903. The molecule has 0 atom stereocenters. The molecule has 32 heavy (non-hydrogen) atoms. The van der Waals surface area contributed by atoms with Crippen molar-refractivity contribution in [3.05, 3.63) is 68.5 Å². The highest BCUT2D eigenvalue weighted by molar-refractivity contribution is 9.10. The van der Waals surface area contributed by atoms with E-state index in [1.807, 2.05) is 0 Å². The Labute approximate surface area is 194 Å². The third-order valence-electron chi connectivity index (χ3n) is 4.35. The van der Waals surface area contributed by atoms with E-state index in [1.54, 1.807) is 13.0 Å². The summed E-state index contributed by atoms with van der Waals surface area (Å²) >= 11 is 9.38. The number of carbonyl (C=O) groups is 2. The summed E-state index contributed by atoms with van der Waals surface area (Å²) in [5, 5.41) is 6.05. The van der Waals surface area contributed by atoms with Crippen molar-refractivity contribution >= 4 is 45.0 Å². The minimum Gasteiger partial charge on any atom is -0.345 e. The van der Waals surface area contributed by atoms with Crippen LogP contribution in [0.25, 0.3) is 5.82 Å². The van der Waals surface area contributed by atoms with Crippen molar-refractivity contribution in [3.8, 4) is 5.82 Å². The monoisotopic (exact) mass is 529 g/mol. The number of anilines is 1. The molecule has 2 aromatic heterocycles. The standard InChI is InChI=1S/C20H16BrClF3N5O2/c1-10-7-11(21)8-12(19(32)29(2)3)16(10)27-18(31)14-9-15(20(23,24)25)28-30(14)17-13(22)5-4-6-26-17/h4-9H,1-3H3,(H,27,31). The lowest BCUT2D eigenvalue weighted by atomic mass is 10.1. The van der Waals surface area contributed by atoms with Gasteiger partial charge in [-0.15, -0.1) is 0 Å². The molecule has 3 aromatic rings. The van der Waals surface area contributed by atoms with Crippen molar-refractivity contribution in [3.63, 3.8) is 0 Å². The summed E-state index contributed by atoms with van der Waals surface area (Å²) in [7, 11) is 3.08. The van der Waals surface area contributed by atoms with Crippen LogP contribution in [0.3, 0.4) is 0 Å². The Morgan fingerprint density at radius 1 is 1.22 bits per heavy atom. The first kappa shape index (κ1) is 23.7. The van der Waals surface area contributed by atoms with Gasteiger partial charge in [0.1, 0.15) is 5.69 Å². The lowest BCUT2D eigenvalue weighted by Crippen LogP contribution is -2.25. The van der Waals surface area contributed by atoms with E-state index in [2.05, 4.69) is 31.3 Å². The Balaban J connectivity index is 2.13. The van der Waals surface area contributed by atoms with Gasteiger partial charge in [0.15, 0.2) is 11.5 Å². The van der Waals surface area contributed by atoms with Gasteiger partial charge in [0.2, 0.25) is 0 Å². The van der Waals surface area contributed by atoms with Crippen LogP contribution in [0.2, 0.25) is 5.02 Å². The van der Waals surface area contributed by atoms with Gasteiger partial charge in [-0.1, -0.05) is 27.5 Å². The molecule has 7 nitrogen and oxygen atoms in total. The van der Waals surface area contributed by atoms with Crippen molar-refractivity contribution in [2.24, 2.45) is 0 Å². The molecule has 0 aliphatic heterocycles. The number of hydrogen-bond acceptors (Lipinski definition) is 4. The second kappa shape index (κ2) is 8.91. The summed E-state index contributed by atoms with van der Waals surface area (Å²) in [4.78, 5) is 31.0. The van der Waals surface area contributed by atoms with Gasteiger partial charge in [0.05, 0.1) is 16.3 Å². The van der Waals surface area contributed by atoms with Gasteiger partial charge >= 0.3 is 6.18 Å². The topological polar surface area (TPSA) is 80.1 Å². The molecule has 3 rings (SSSR count). The second-order valence-corrected chi connectivity index (χ2v) is 8.26. The summed E-state index contributed by atoms with van der Waals surface area (Å²) < 4.78 is 41.3. The molecule has 0 radical (unpaired) electrons. The Morgan fingerprint density at radius 2 is 1.91 bits per heavy atom. The molecule has 0 fully saturated rings. The fourth-order valence-electron chi connectivity index (χ4n) is 2.87. The molecule has 1 aromatic carbocycles. The van der Waals surface area contributed by atoms with Gasteiger partial charge in [0.25, 0.3) is 11.8 Å². The number of halogens is 5. The van der Waals surface area contributed by atoms with Crippen molar-refractivity contribution in [2.75, 3.05) is 19.4 Å². The number of nitrogens with one attached hydrogen (secondary N) is 1. The molecule has 0 aliphatic rings. The average molecular weight is 531 g/mol. The lowest BCUT2D eigenvalue weighted by Gasteiger charge is -2.17. The van der Waals surface area contributed by atoms with E-state index in [9.17, 15) is 22.8 Å². The fraction of sp³-hybridized carbons (Fsp3) is 0.200. The maximum absolute atomic E-state index is 13.3. The molecule has 0 aliphatic carbocycles. The zero-order valence-electron chi connectivity index (χ0n) is 17.0. The van der Waals surface area contributed by atoms with Gasteiger partial charge in [-0.3, -0.25) is 9.59 Å². The lowest BCUT2D eigenvalue weighted by molar-refractivity contribution is -0.141. The van der Waals surface area contributed by atoms with Gasteiger partial charge in [-0.05, 0) is 36.8 Å². The van der Waals surface area contributed by atoms with E-state index in [0.717, 1.165) is 4.68 Å². The normalized spacial score (nSPS) is 11.4. The maximum Gasteiger partial charge on any atom is 0.435 e. The number of rotatable bonds is 4. The number of carbonyl (C=O) groups excluding carboxylic acids is 2. The number of nitrogens with zero attached hydrogens (tertiary/aromatic N) is 4. The van der Waals surface area contributed by atoms with Crippen LogP contribution in [0.4, 0.5) is 18.9 Å². The summed E-state index contributed by atoms with van der Waals surface area (Å²) in [6.45, 7) is 1.65. The minimum absolute atomic E-state index is 0.00155. The van der Waals surface area contributed by atoms with Crippen LogP contribution in [0, 0.1) is 6.92 Å². The minimum atomic E-state index is -4.80. The summed E-state index contributed by atoms with van der Waals surface area (Å²) in [6.07, 6.45) is -3.49. The van der Waals surface area contributed by atoms with Crippen LogP contribution in [0.5, 0.6) is 0 Å². The van der Waals surface area contributed by atoms with E-state index in [0.29, 0.717) is 16.1 Å². The third kappa shape index (κ3) is 4.78. The Hall–Kier alpha value is -2.92. The number of hydrogen-bond donors (Lipinski definition) is 1. The van der Waals surface area contributed by atoms with Gasteiger partial charge in [0, 0.05) is 30.8 Å². The number of pyridine rings is 1. The zero-order valence-corrected chi connectivity index (χ0v) is 19.3. The first-order chi connectivity index (χ1) is 14.9. The summed E-state index contributed by atoms with van der Waals surface area (Å²) in [6, 6.07) is 6.68. The molecule has 0 saturated heterocycles. The van der Waals surface area contributed by atoms with Crippen LogP contribution in [0.15, 0.2) is 41.0 Å². The quantitative estimate of drug-likeness (QED) is 0.517. The molecule has 0 bridgehead atoms. The predicted molar refractivity (Wildman–Crippen MR) is 116 cm³/mol. The van der Waals surface area contributed by atoms with Crippen LogP contribution in [-0.4, -0.2) is 45.6 Å². The van der Waals surface area contributed by atoms with Gasteiger partial charge in [-0.2, -0.15) is 18.3 Å². The van der Waals surface area contributed by atoms with Crippen molar-refractivity contribution in [2.45, 2.75) is 13.1 Å². The van der Waals surface area contributed by atoms with Gasteiger partial charge < -0.3 is 10.2 Å². The van der Waals surface area contributed by atoms with Gasteiger partial charge in [-0.25, -0.2) is 9.67 Å². The SMILES string of the molecule is Cc1cc(Br)cc(C(=O)N(C)C)c1NC(=O)c1cc(C(F)(F)F)nn1-c1ncccc1Cl. The number of benzene rings is 1. The highest BCUT2D eigenvalue weighted by Gasteiger charge is 2.36. The number of amides is 2. The smallest absolute Gasteiger partial charge is 0.345 e. The van der Waals surface area contributed by atoms with E-state index < -0.39 is 29.4 Å². The van der Waals surface area contributed by atoms with Crippen LogP contribution >= 0.6 is 27.5 Å². The van der Waals surface area contributed by atoms with Crippen molar-refractivity contribution < 1.29 is 22.8 Å². The molecule has 0 saturated carbocycles. The molecule has 2 amide bonds. The first-order valence-electron chi connectivity index (χ1n) is 9.01. The Kier molecular flexibility index (Phi) is 6.61. The largest absolute Gasteiger partial charge is 0.435 e. The predicted octanol–water partition coefficient (Wildman–Crippen LogP) is 4.96. The highest BCUT2D eigenvalue weighted by Crippen LogP contribution is 2.32. The number of aromatic nitrogens is 3. The van der Waals surface area contributed by atoms with Crippen molar-refractivity contribution in [1.82, 2.24) is 19.7 Å². The summed E-state index contributed by atoms with van der Waals surface area (Å²) in [5.74, 6) is -1.47. The Bertz CT molecular complexity index is 1210. The van der Waals surface area contributed by atoms with E-state index in [-0.39, 0.29) is 22.1 Å². The van der Waals surface area contributed by atoms with Crippen LogP contribution < -0.4 is 5.32 Å². The molecular formula is C20H16BrClF3N5O2. The molecule has 0 spiro atoms. The molecule has 2 heterocycles. The van der Waals surface area contributed by atoms with E-state index in [4.69, 9.17) is 11.6 Å². The van der Waals surface area contributed by atoms with E-state index in [1.165, 1.54) is 43.4 Å². The second-order valence-electron chi connectivity index (χ2n) is 6.93. The van der Waals surface area contributed by atoms with Crippen LogP contribution in [-0.2, 0) is 6.18 Å². The highest BCUT2D eigenvalue weighted by atomic mass is 79.9. The Morgan fingerprint density at radius 3 is 2.50 bits per heavy atom. The molecule has 168 valence electrons. The van der Waals surface area contributed by atoms with Crippen molar-refractivity contribution in [1.29, 1.82) is 0 Å². The molecule has 1 N–H and O–H groups in total. The average Bonchev–Trinajstić information content (AvgIpc) is 3.15. The molecular weight excluding hydrogens is 515 g/mol. The zero-order chi connectivity index (χ0) is 23.8. The number of aryl methyl sites for hydroxylation is 1. The third-order valence-corrected chi connectivity index (χ3v) is 5.10. The van der Waals surface area contributed by atoms with E-state index >= 15 is 0 Å². The van der Waals surface area contributed by atoms with Crippen LogP contribution in [0.1, 0.15) is 32.1 Å². The first-order valence-corrected chi connectivity index (χ1v) is 10.2. The fourth-order valence-corrected chi connectivity index (χ4v) is 3.65. The number of alkyl halides is 3.